The van der Waals surface area contributed by atoms with Crippen LogP contribution < -0.4 is 10.6 Å². The van der Waals surface area contributed by atoms with Crippen LogP contribution in [0.3, 0.4) is 0 Å². The molecule has 0 radical (unpaired) electrons. The highest BCUT2D eigenvalue weighted by molar-refractivity contribution is 7.90. The van der Waals surface area contributed by atoms with Crippen molar-refractivity contribution in [3.05, 3.63) is 80.1 Å². The van der Waals surface area contributed by atoms with Gasteiger partial charge in [0.05, 0.1) is 21.8 Å². The largest absolute Gasteiger partial charge is 0.358 e. The van der Waals surface area contributed by atoms with E-state index in [0.717, 1.165) is 0 Å². The van der Waals surface area contributed by atoms with E-state index in [-0.39, 0.29) is 32.3 Å². The Labute approximate surface area is 254 Å². The van der Waals surface area contributed by atoms with Gasteiger partial charge in [-0.05, 0) is 68.7 Å². The van der Waals surface area contributed by atoms with E-state index in [9.17, 15) is 22.4 Å². The lowest BCUT2D eigenvalue weighted by molar-refractivity contribution is -0.110. The molecule has 2 aliphatic rings. The summed E-state index contributed by atoms with van der Waals surface area (Å²) < 4.78 is 40.0. The van der Waals surface area contributed by atoms with Crippen molar-refractivity contribution < 1.29 is 22.4 Å². The second-order valence-electron chi connectivity index (χ2n) is 10.6. The third kappa shape index (κ3) is 6.27. The number of aryl methyl sites for hydroxylation is 1. The van der Waals surface area contributed by atoms with Crippen LogP contribution in [0.5, 0.6) is 0 Å². The van der Waals surface area contributed by atoms with Gasteiger partial charge in [0.15, 0.2) is 9.84 Å². The lowest BCUT2D eigenvalue weighted by Gasteiger charge is -2.28. The van der Waals surface area contributed by atoms with E-state index >= 15 is 0 Å². The Balaban J connectivity index is 1.37. The number of rotatable bonds is 8. The number of likely N-dealkylation sites (tertiary alicyclic amines) is 1. The fourth-order valence-electron chi connectivity index (χ4n) is 5.39. The van der Waals surface area contributed by atoms with Crippen LogP contribution in [0, 0.1) is 13.8 Å². The minimum atomic E-state index is -3.85. The number of nitrogens with one attached hydrogen (secondary N) is 3. The average molecular weight is 634 g/mol. The molecule has 1 fully saturated rings. The van der Waals surface area contributed by atoms with Crippen LogP contribution >= 0.6 is 23.2 Å². The molecule has 222 valence electrons. The van der Waals surface area contributed by atoms with Gasteiger partial charge >= 0.3 is 0 Å². The molecular weight excluding hydrogens is 602 g/mol. The maximum absolute atomic E-state index is 13.4. The van der Waals surface area contributed by atoms with Crippen LogP contribution in [-0.4, -0.2) is 62.5 Å². The molecule has 0 bridgehead atoms. The van der Waals surface area contributed by atoms with Gasteiger partial charge in [-0.2, -0.15) is 0 Å². The van der Waals surface area contributed by atoms with Crippen molar-refractivity contribution in [2.45, 2.75) is 43.5 Å². The molecule has 12 heteroatoms. The third-order valence-electron chi connectivity index (χ3n) is 7.75. The predicted octanol–water partition coefficient (Wildman–Crippen LogP) is 5.57. The summed E-state index contributed by atoms with van der Waals surface area (Å²) in [5, 5.41) is 6.22. The van der Waals surface area contributed by atoms with E-state index in [1.165, 1.54) is 12.1 Å². The number of aromatic nitrogens is 1. The van der Waals surface area contributed by atoms with Crippen molar-refractivity contribution in [1.29, 1.82) is 0 Å². The Kier molecular flexibility index (Phi) is 8.80. The number of fused-ring (bicyclic) bond motifs is 1. The molecule has 0 atom stereocenters. The maximum Gasteiger partial charge on any atom is 0.256 e. The first-order valence-electron chi connectivity index (χ1n) is 13.6. The first-order chi connectivity index (χ1) is 19.9. The SMILES string of the molecule is Cc1[nH]c(C=C2C(=O)Nc3ccc(S(=O)(=O)Cc4c(Cl)cccc4Cl)cc32)c(C)c1C(=O)NCCN1CCC(F)CC1. The number of piperidine rings is 1. The number of H-pyrrole nitrogens is 1. The average Bonchev–Trinajstić information content (AvgIpc) is 3.41. The van der Waals surface area contributed by atoms with Crippen LogP contribution in [0.25, 0.3) is 11.6 Å². The van der Waals surface area contributed by atoms with Gasteiger partial charge in [0.2, 0.25) is 0 Å². The number of anilines is 1. The zero-order chi connectivity index (χ0) is 30.2. The number of aromatic amines is 1. The van der Waals surface area contributed by atoms with Crippen LogP contribution in [0.2, 0.25) is 10.0 Å². The Bertz CT molecular complexity index is 1670. The Morgan fingerprint density at radius 1 is 1.14 bits per heavy atom. The van der Waals surface area contributed by atoms with E-state index in [1.54, 1.807) is 44.2 Å². The minimum absolute atomic E-state index is 0.0230. The highest BCUT2D eigenvalue weighted by Crippen LogP contribution is 2.37. The van der Waals surface area contributed by atoms with Gasteiger partial charge in [-0.3, -0.25) is 9.59 Å². The first kappa shape index (κ1) is 30.3. The summed E-state index contributed by atoms with van der Waals surface area (Å²) in [5.74, 6) is -1.02. The molecular formula is C30H31Cl2FN4O4S. The number of hydrogen-bond acceptors (Lipinski definition) is 5. The quantitative estimate of drug-likeness (QED) is 0.281. The van der Waals surface area contributed by atoms with Gasteiger partial charge in [-0.15, -0.1) is 0 Å². The summed E-state index contributed by atoms with van der Waals surface area (Å²) in [7, 11) is -3.85. The molecule has 2 aromatic carbocycles. The van der Waals surface area contributed by atoms with E-state index in [0.29, 0.717) is 78.3 Å². The zero-order valence-corrected chi connectivity index (χ0v) is 25.5. The van der Waals surface area contributed by atoms with Crippen LogP contribution in [0.15, 0.2) is 41.3 Å². The van der Waals surface area contributed by atoms with E-state index < -0.39 is 21.8 Å². The van der Waals surface area contributed by atoms with Gasteiger partial charge in [-0.25, -0.2) is 12.8 Å². The normalized spacial score (nSPS) is 17.0. The lowest BCUT2D eigenvalue weighted by atomic mass is 10.0. The van der Waals surface area contributed by atoms with Gasteiger partial charge in [0, 0.05) is 64.4 Å². The van der Waals surface area contributed by atoms with Gasteiger partial charge in [0.1, 0.15) is 6.17 Å². The molecule has 0 unspecified atom stereocenters. The van der Waals surface area contributed by atoms with Crippen LogP contribution in [0.4, 0.5) is 10.1 Å². The second-order valence-corrected chi connectivity index (χ2v) is 13.4. The van der Waals surface area contributed by atoms with Crippen molar-refractivity contribution in [3.8, 4) is 0 Å². The molecule has 2 amide bonds. The van der Waals surface area contributed by atoms with Crippen molar-refractivity contribution in [3.63, 3.8) is 0 Å². The highest BCUT2D eigenvalue weighted by Gasteiger charge is 2.29. The molecule has 0 saturated carbocycles. The Morgan fingerprint density at radius 2 is 1.83 bits per heavy atom. The van der Waals surface area contributed by atoms with E-state index in [1.807, 2.05) is 0 Å². The van der Waals surface area contributed by atoms with Gasteiger partial charge in [0.25, 0.3) is 11.8 Å². The van der Waals surface area contributed by atoms with Crippen molar-refractivity contribution >= 4 is 62.2 Å². The molecule has 8 nitrogen and oxygen atoms in total. The number of amides is 2. The van der Waals surface area contributed by atoms with Crippen LogP contribution in [-0.2, 0) is 20.4 Å². The lowest BCUT2D eigenvalue weighted by Crippen LogP contribution is -2.40. The number of sulfone groups is 1. The minimum Gasteiger partial charge on any atom is -0.358 e. The Morgan fingerprint density at radius 3 is 2.52 bits per heavy atom. The summed E-state index contributed by atoms with van der Waals surface area (Å²) in [4.78, 5) is 31.3. The topological polar surface area (TPSA) is 111 Å². The molecule has 1 saturated heterocycles. The number of carbonyl (C=O) groups excluding carboxylic acids is 2. The number of nitrogens with zero attached hydrogens (tertiary/aromatic N) is 1. The van der Waals surface area contributed by atoms with Crippen molar-refractivity contribution in [2.75, 3.05) is 31.5 Å². The predicted molar refractivity (Wildman–Crippen MR) is 163 cm³/mol. The summed E-state index contributed by atoms with van der Waals surface area (Å²) in [6.45, 7) is 6.00. The summed E-state index contributed by atoms with van der Waals surface area (Å²) in [5.41, 5.74) is 3.84. The van der Waals surface area contributed by atoms with E-state index in [2.05, 4.69) is 20.5 Å². The van der Waals surface area contributed by atoms with Crippen molar-refractivity contribution in [1.82, 2.24) is 15.2 Å². The fraction of sp³-hybridized carbons (Fsp3) is 0.333. The van der Waals surface area contributed by atoms with Crippen molar-refractivity contribution in [2.24, 2.45) is 0 Å². The highest BCUT2D eigenvalue weighted by atomic mass is 35.5. The second kappa shape index (κ2) is 12.2. The smallest absolute Gasteiger partial charge is 0.256 e. The molecule has 0 spiro atoms. The standard InChI is InChI=1S/C30H31Cl2FN4O4S/c1-17-27(35-18(2)28(17)30(39)34-10-13-37-11-8-19(33)9-12-37)15-22-21-14-20(6-7-26(21)36-29(22)38)42(40,41)16-23-24(31)4-3-5-25(23)32/h3-7,14-15,19,35H,8-13,16H2,1-2H3,(H,34,39)(H,36,38). The molecule has 1 aromatic heterocycles. The number of halogens is 3. The molecule has 3 aromatic rings. The molecule has 5 rings (SSSR count). The molecule has 0 aliphatic carbocycles. The van der Waals surface area contributed by atoms with E-state index in [4.69, 9.17) is 23.2 Å². The van der Waals surface area contributed by atoms with Gasteiger partial charge in [-0.1, -0.05) is 29.3 Å². The fourth-order valence-corrected chi connectivity index (χ4v) is 7.51. The third-order valence-corrected chi connectivity index (χ3v) is 10.1. The first-order valence-corrected chi connectivity index (χ1v) is 16.0. The molecule has 3 heterocycles. The number of alkyl halides is 1. The Hall–Kier alpha value is -3.18. The summed E-state index contributed by atoms with van der Waals surface area (Å²) in [6.07, 6.45) is 1.91. The zero-order valence-electron chi connectivity index (χ0n) is 23.2. The summed E-state index contributed by atoms with van der Waals surface area (Å²) >= 11 is 12.4. The molecule has 3 N–H and O–H groups in total. The van der Waals surface area contributed by atoms with Crippen LogP contribution in [0.1, 0.15) is 51.3 Å². The number of benzene rings is 2. The molecule has 42 heavy (non-hydrogen) atoms. The number of hydrogen-bond donors (Lipinski definition) is 3. The van der Waals surface area contributed by atoms with Gasteiger partial charge < -0.3 is 20.5 Å². The maximum atomic E-state index is 13.4. The summed E-state index contributed by atoms with van der Waals surface area (Å²) in [6, 6.07) is 9.25. The number of carbonyl (C=O) groups is 2. The monoisotopic (exact) mass is 632 g/mol. The molecule has 2 aliphatic heterocycles.